The normalized spacial score (nSPS) is 22.9. The molecule has 1 aromatic carbocycles. The van der Waals surface area contributed by atoms with E-state index in [1.54, 1.807) is 0 Å². The third-order valence-corrected chi connectivity index (χ3v) is 5.32. The molecule has 1 heterocycles. The SMILES string of the molecule is O=C(NC1[CH-]O[C@H](CO)C1O)OCCS(=O)(=O)c1ccc(Cl)cc1.[U]. The summed E-state index contributed by atoms with van der Waals surface area (Å²) in [7, 11) is -3.60. The van der Waals surface area contributed by atoms with Gasteiger partial charge in [0.2, 0.25) is 0 Å². The fourth-order valence-electron chi connectivity index (χ4n) is 2.03. The molecule has 11 heteroatoms. The van der Waals surface area contributed by atoms with Gasteiger partial charge < -0.3 is 25.0 Å². The topological polar surface area (TPSA) is 122 Å². The first-order valence-corrected chi connectivity index (χ1v) is 9.06. The summed E-state index contributed by atoms with van der Waals surface area (Å²) in [5.41, 5.74) is 0. The number of nitrogens with one attached hydrogen (secondary N) is 1. The van der Waals surface area contributed by atoms with Crippen molar-refractivity contribution in [1.82, 2.24) is 5.32 Å². The van der Waals surface area contributed by atoms with Gasteiger partial charge in [-0.1, -0.05) is 11.6 Å². The summed E-state index contributed by atoms with van der Waals surface area (Å²) in [5, 5.41) is 21.4. The van der Waals surface area contributed by atoms with Crippen LogP contribution in [-0.2, 0) is 19.3 Å². The van der Waals surface area contributed by atoms with E-state index in [0.29, 0.717) is 5.02 Å². The zero-order valence-corrected chi connectivity index (χ0v) is 18.7. The molecule has 0 radical (unpaired) electrons. The van der Waals surface area contributed by atoms with Gasteiger partial charge in [0.25, 0.3) is 0 Å². The molecule has 0 spiro atoms. The van der Waals surface area contributed by atoms with E-state index in [-0.39, 0.29) is 42.6 Å². The second-order valence-electron chi connectivity index (χ2n) is 5.06. The first-order chi connectivity index (χ1) is 11.3. The average Bonchev–Trinajstić information content (AvgIpc) is 2.88. The number of carbonyl (C=O) groups excluding carboxylic acids is 1. The molecule has 8 nitrogen and oxygen atoms in total. The second-order valence-corrected chi connectivity index (χ2v) is 7.61. The Hall–Kier alpha value is -0.338. The van der Waals surface area contributed by atoms with Crippen LogP contribution in [0.4, 0.5) is 4.79 Å². The Morgan fingerprint density at radius 2 is 2.00 bits per heavy atom. The molecule has 1 amide bonds. The molecule has 3 N–H and O–H groups in total. The Labute approximate surface area is 174 Å². The summed E-state index contributed by atoms with van der Waals surface area (Å²) >= 11 is 5.70. The standard InChI is InChI=1S/C14H17ClNO7S.U/c15-9-1-3-10(4-2-9)24(20,21)6-5-22-14(19)16-11-8-23-12(7-17)13(11)18;/h1-4,8,11-13,17-18H,5-7H2,(H,16,19);/q-1;/t11?,12-,13?;/m1./s1. The first-order valence-electron chi connectivity index (χ1n) is 7.03. The zero-order valence-electron chi connectivity index (χ0n) is 13.0. The average molecular weight is 617 g/mol. The minimum atomic E-state index is -3.60. The van der Waals surface area contributed by atoms with Crippen LogP contribution in [-0.4, -0.2) is 61.9 Å². The predicted molar refractivity (Wildman–Crippen MR) is 84.0 cm³/mol. The van der Waals surface area contributed by atoms with E-state index in [9.17, 15) is 18.3 Å². The molecule has 0 aliphatic carbocycles. The van der Waals surface area contributed by atoms with Gasteiger partial charge in [0, 0.05) is 36.1 Å². The third-order valence-electron chi connectivity index (χ3n) is 3.37. The molecule has 2 rings (SSSR count). The van der Waals surface area contributed by atoms with E-state index in [4.69, 9.17) is 26.2 Å². The number of hydrogen-bond acceptors (Lipinski definition) is 7. The van der Waals surface area contributed by atoms with Crippen LogP contribution in [0.1, 0.15) is 0 Å². The number of sulfone groups is 1. The monoisotopic (exact) mass is 616 g/mol. The Bertz CT molecular complexity index is 670. The van der Waals surface area contributed by atoms with E-state index in [0.717, 1.165) is 0 Å². The van der Waals surface area contributed by atoms with Crippen LogP contribution in [0.3, 0.4) is 0 Å². The van der Waals surface area contributed by atoms with Crippen LogP contribution in [0.2, 0.25) is 5.02 Å². The number of amides is 1. The van der Waals surface area contributed by atoms with Gasteiger partial charge >= 0.3 is 6.09 Å². The number of alkyl carbamates (subject to hydrolysis) is 1. The van der Waals surface area contributed by atoms with Crippen molar-refractivity contribution in [3.63, 3.8) is 0 Å². The molecule has 25 heavy (non-hydrogen) atoms. The molecule has 1 fully saturated rings. The van der Waals surface area contributed by atoms with E-state index >= 15 is 0 Å². The molecule has 138 valence electrons. The minimum absolute atomic E-state index is 0. The van der Waals surface area contributed by atoms with Gasteiger partial charge in [0.1, 0.15) is 6.61 Å². The Balaban J connectivity index is 0.00000312. The van der Waals surface area contributed by atoms with Gasteiger partial charge in [-0.25, -0.2) is 13.2 Å². The summed E-state index contributed by atoms with van der Waals surface area (Å²) in [5.74, 6) is -0.394. The number of benzene rings is 1. The van der Waals surface area contributed by atoms with Gasteiger partial charge in [0.15, 0.2) is 9.84 Å². The summed E-state index contributed by atoms with van der Waals surface area (Å²) < 4.78 is 33.9. The van der Waals surface area contributed by atoms with Crippen molar-refractivity contribution in [2.75, 3.05) is 19.0 Å². The summed E-state index contributed by atoms with van der Waals surface area (Å²) in [4.78, 5) is 11.7. The first kappa shape index (κ1) is 22.7. The molecule has 1 aliphatic rings. The predicted octanol–water partition coefficient (Wildman–Crippen LogP) is 0.122. The van der Waals surface area contributed by atoms with Crippen LogP contribution in [0.15, 0.2) is 29.2 Å². The molecular formula is C14H17ClNO7SU-. The van der Waals surface area contributed by atoms with Crippen molar-refractivity contribution in [2.24, 2.45) is 0 Å². The zero-order chi connectivity index (χ0) is 17.7. The van der Waals surface area contributed by atoms with Crippen LogP contribution in [0.25, 0.3) is 0 Å². The maximum atomic E-state index is 12.1. The summed E-state index contributed by atoms with van der Waals surface area (Å²) in [6.07, 6.45) is -2.83. The van der Waals surface area contributed by atoms with Crippen LogP contribution < -0.4 is 5.32 Å². The minimum Gasteiger partial charge on any atom is -0.544 e. The van der Waals surface area contributed by atoms with Crippen molar-refractivity contribution in [1.29, 1.82) is 0 Å². The Morgan fingerprint density at radius 1 is 1.36 bits per heavy atom. The number of hydrogen-bond donors (Lipinski definition) is 3. The fraction of sp³-hybridized carbons (Fsp3) is 0.429. The second kappa shape index (κ2) is 10.1. The molecule has 1 aliphatic heterocycles. The molecule has 1 saturated heterocycles. The molecule has 1 aromatic rings. The summed E-state index contributed by atoms with van der Waals surface area (Å²) in [6, 6.07) is 4.80. The maximum absolute atomic E-state index is 12.1. The molecule has 2 unspecified atom stereocenters. The quantitative estimate of drug-likeness (QED) is 0.389. The number of carbonyl (C=O) groups is 1. The molecule has 0 saturated carbocycles. The number of rotatable bonds is 6. The Kier molecular flexibility index (Phi) is 9.18. The van der Waals surface area contributed by atoms with Gasteiger partial charge in [-0.2, -0.15) is 6.61 Å². The van der Waals surface area contributed by atoms with Gasteiger partial charge in [-0.05, 0) is 30.3 Å². The van der Waals surface area contributed by atoms with Crippen molar-refractivity contribution in [3.05, 3.63) is 35.9 Å². The van der Waals surface area contributed by atoms with Crippen LogP contribution >= 0.6 is 11.6 Å². The number of aliphatic hydroxyl groups excluding tert-OH is 2. The van der Waals surface area contributed by atoms with Gasteiger partial charge in [0.05, 0.1) is 29.5 Å². The van der Waals surface area contributed by atoms with Crippen LogP contribution in [0, 0.1) is 37.7 Å². The molecule has 0 bridgehead atoms. The van der Waals surface area contributed by atoms with Crippen LogP contribution in [0.5, 0.6) is 0 Å². The number of aliphatic hydroxyl groups is 2. The van der Waals surface area contributed by atoms with E-state index in [2.05, 4.69) is 5.32 Å². The van der Waals surface area contributed by atoms with E-state index in [1.807, 2.05) is 0 Å². The third kappa shape index (κ3) is 6.40. The van der Waals surface area contributed by atoms with E-state index in [1.165, 1.54) is 30.9 Å². The molecule has 3 atom stereocenters. The van der Waals surface area contributed by atoms with Crippen molar-refractivity contribution in [2.45, 2.75) is 23.1 Å². The van der Waals surface area contributed by atoms with Gasteiger partial charge in [-0.3, -0.25) is 0 Å². The number of halogens is 1. The Morgan fingerprint density at radius 3 is 2.56 bits per heavy atom. The molecule has 0 aromatic heterocycles. The van der Waals surface area contributed by atoms with Gasteiger partial charge in [-0.15, -0.1) is 0 Å². The number of ether oxygens (including phenoxy) is 2. The van der Waals surface area contributed by atoms with Crippen molar-refractivity contribution in [3.8, 4) is 0 Å². The largest absolute Gasteiger partial charge is 0.544 e. The van der Waals surface area contributed by atoms with Crippen molar-refractivity contribution < 1.29 is 64.0 Å². The van der Waals surface area contributed by atoms with E-state index < -0.39 is 46.5 Å². The maximum Gasteiger partial charge on any atom is 0.405 e. The van der Waals surface area contributed by atoms with Crippen molar-refractivity contribution >= 4 is 27.5 Å². The summed E-state index contributed by atoms with van der Waals surface area (Å²) in [6.45, 7) is 0.422. The fourth-order valence-corrected chi connectivity index (χ4v) is 3.25. The molecular weight excluding hydrogens is 600 g/mol. The smallest absolute Gasteiger partial charge is 0.405 e.